The molecule has 6 nitrogen and oxygen atoms in total. The summed E-state index contributed by atoms with van der Waals surface area (Å²) < 4.78 is 1.62. The first kappa shape index (κ1) is 17.8. The van der Waals surface area contributed by atoms with Gasteiger partial charge in [0.1, 0.15) is 5.54 Å². The maximum atomic E-state index is 11.5. The molecule has 1 unspecified atom stereocenters. The molecule has 0 saturated carbocycles. The van der Waals surface area contributed by atoms with Gasteiger partial charge in [0.05, 0.1) is 6.07 Å². The summed E-state index contributed by atoms with van der Waals surface area (Å²) in [6.07, 6.45) is 2.48. The van der Waals surface area contributed by atoms with Gasteiger partial charge in [0.15, 0.2) is 5.16 Å². The molecule has 118 valence electrons. The van der Waals surface area contributed by atoms with Crippen molar-refractivity contribution >= 4 is 11.8 Å². The van der Waals surface area contributed by atoms with Gasteiger partial charge in [0, 0.05) is 18.3 Å². The molecule has 2 N–H and O–H groups in total. The van der Waals surface area contributed by atoms with E-state index in [-0.39, 0.29) is 11.7 Å². The van der Waals surface area contributed by atoms with E-state index in [1.807, 2.05) is 13.8 Å². The number of nitrogens with one attached hydrogen (secondary N) is 2. The first-order chi connectivity index (χ1) is 9.98. The number of nitriles is 1. The monoisotopic (exact) mass is 311 g/mol. The van der Waals surface area contributed by atoms with E-state index in [2.05, 4.69) is 35.4 Å². The van der Waals surface area contributed by atoms with E-state index in [1.165, 1.54) is 0 Å². The molecule has 0 radical (unpaired) electrons. The zero-order valence-corrected chi connectivity index (χ0v) is 14.1. The first-order valence-electron chi connectivity index (χ1n) is 7.45. The summed E-state index contributed by atoms with van der Waals surface area (Å²) in [5.74, 6) is 0.841. The third-order valence-electron chi connectivity index (χ3n) is 3.40. The second-order valence-electron chi connectivity index (χ2n) is 5.35. The van der Waals surface area contributed by atoms with E-state index in [0.29, 0.717) is 6.54 Å². The van der Waals surface area contributed by atoms with Crippen molar-refractivity contribution in [1.29, 1.82) is 5.26 Å². The maximum absolute atomic E-state index is 11.5. The Hall–Kier alpha value is -1.26. The Balaban J connectivity index is 2.52. The largest absolute Gasteiger partial charge is 0.343 e. The Kier molecular flexibility index (Phi) is 6.99. The smallest absolute Gasteiger partial charge is 0.297 e. The van der Waals surface area contributed by atoms with Crippen LogP contribution >= 0.6 is 11.8 Å². The zero-order chi connectivity index (χ0) is 15.9. The van der Waals surface area contributed by atoms with Crippen LogP contribution < -0.4 is 11.0 Å². The molecule has 0 fully saturated rings. The fraction of sp³-hybridized carbons (Fsp3) is 0.786. The van der Waals surface area contributed by atoms with E-state index >= 15 is 0 Å². The van der Waals surface area contributed by atoms with Crippen molar-refractivity contribution in [3.05, 3.63) is 10.5 Å². The number of H-pyrrole nitrogens is 1. The van der Waals surface area contributed by atoms with Crippen LogP contribution in [-0.4, -0.2) is 32.1 Å². The fourth-order valence-electron chi connectivity index (χ4n) is 2.30. The molecule has 0 amide bonds. The van der Waals surface area contributed by atoms with Crippen molar-refractivity contribution in [2.75, 3.05) is 5.75 Å². The van der Waals surface area contributed by atoms with Crippen LogP contribution in [0.2, 0.25) is 0 Å². The quantitative estimate of drug-likeness (QED) is 0.539. The Bertz CT molecular complexity index is 530. The minimum absolute atomic E-state index is 0.165. The molecule has 1 aromatic rings. The lowest BCUT2D eigenvalue weighted by molar-refractivity contribution is 0.341. The Morgan fingerprint density at radius 2 is 2.24 bits per heavy atom. The topological polar surface area (TPSA) is 86.5 Å². The number of hydrogen-bond acceptors (Lipinski definition) is 5. The zero-order valence-electron chi connectivity index (χ0n) is 13.3. The van der Waals surface area contributed by atoms with Gasteiger partial charge in [0.25, 0.3) is 0 Å². The van der Waals surface area contributed by atoms with Crippen molar-refractivity contribution in [3.63, 3.8) is 0 Å². The summed E-state index contributed by atoms with van der Waals surface area (Å²) in [4.78, 5) is 11.5. The van der Waals surface area contributed by atoms with Crippen LogP contribution in [0.25, 0.3) is 0 Å². The van der Waals surface area contributed by atoms with E-state index in [4.69, 9.17) is 0 Å². The summed E-state index contributed by atoms with van der Waals surface area (Å²) in [7, 11) is 0. The molecule has 1 atom stereocenters. The lowest BCUT2D eigenvalue weighted by atomic mass is 9.91. The van der Waals surface area contributed by atoms with Crippen LogP contribution in [0.5, 0.6) is 0 Å². The van der Waals surface area contributed by atoms with Crippen molar-refractivity contribution in [2.45, 2.75) is 70.2 Å². The van der Waals surface area contributed by atoms with E-state index in [1.54, 1.807) is 16.3 Å². The third-order valence-corrected chi connectivity index (χ3v) is 4.46. The van der Waals surface area contributed by atoms with Gasteiger partial charge in [-0.3, -0.25) is 9.88 Å². The molecule has 21 heavy (non-hydrogen) atoms. The summed E-state index contributed by atoms with van der Waals surface area (Å²) in [5.41, 5.74) is -0.619. The first-order valence-corrected chi connectivity index (χ1v) is 8.43. The molecule has 0 aliphatic heterocycles. The Morgan fingerprint density at radius 1 is 1.52 bits per heavy atom. The molecular weight excluding hydrogens is 286 g/mol. The van der Waals surface area contributed by atoms with Crippen molar-refractivity contribution < 1.29 is 0 Å². The van der Waals surface area contributed by atoms with E-state index in [0.717, 1.165) is 30.2 Å². The molecule has 0 bridgehead atoms. The number of thioether (sulfide) groups is 1. The average molecular weight is 311 g/mol. The van der Waals surface area contributed by atoms with Crippen LogP contribution in [0.15, 0.2) is 9.95 Å². The average Bonchev–Trinajstić information content (AvgIpc) is 2.82. The minimum atomic E-state index is -0.454. The van der Waals surface area contributed by atoms with Gasteiger partial charge in [-0.1, -0.05) is 18.7 Å². The minimum Gasteiger partial charge on any atom is -0.297 e. The van der Waals surface area contributed by atoms with Gasteiger partial charge in [-0.05, 0) is 40.0 Å². The standard InChI is InChI=1S/C14H25N5OS/c1-5-14(10-15,16-11(3)4)8-7-9-21-13-18-17-12(20)19(13)6-2/h11,16H,5-9H2,1-4H3,(H,17,20). The highest BCUT2D eigenvalue weighted by Gasteiger charge is 2.27. The molecule has 0 spiro atoms. The Labute approximate surface area is 130 Å². The number of aromatic amines is 1. The molecule has 1 aromatic heterocycles. The van der Waals surface area contributed by atoms with Gasteiger partial charge in [-0.25, -0.2) is 9.89 Å². The highest BCUT2D eigenvalue weighted by atomic mass is 32.2. The molecule has 7 heteroatoms. The summed E-state index contributed by atoms with van der Waals surface area (Å²) in [6, 6.07) is 2.71. The SMILES string of the molecule is CCn1c(SCCCC(C#N)(CC)NC(C)C)n[nH]c1=O. The number of nitrogens with zero attached hydrogens (tertiary/aromatic N) is 3. The van der Waals surface area contributed by atoms with Crippen LogP contribution in [0.3, 0.4) is 0 Å². The predicted octanol–water partition coefficient (Wildman–Crippen LogP) is 2.13. The third kappa shape index (κ3) is 4.90. The van der Waals surface area contributed by atoms with Crippen LogP contribution in [-0.2, 0) is 6.54 Å². The number of rotatable bonds is 9. The fourth-order valence-corrected chi connectivity index (χ4v) is 3.25. The molecule has 0 aliphatic carbocycles. The van der Waals surface area contributed by atoms with E-state index in [9.17, 15) is 10.1 Å². The van der Waals surface area contributed by atoms with Crippen molar-refractivity contribution in [2.24, 2.45) is 0 Å². The summed E-state index contributed by atoms with van der Waals surface area (Å²) in [5, 5.41) is 20.0. The lowest BCUT2D eigenvalue weighted by Gasteiger charge is -2.29. The van der Waals surface area contributed by atoms with Gasteiger partial charge in [-0.2, -0.15) is 5.26 Å². The predicted molar refractivity (Wildman–Crippen MR) is 85.4 cm³/mol. The molecule has 0 aromatic carbocycles. The summed E-state index contributed by atoms with van der Waals surface area (Å²) in [6.45, 7) is 8.68. The van der Waals surface area contributed by atoms with Crippen LogP contribution in [0.4, 0.5) is 0 Å². The second kappa shape index (κ2) is 8.25. The van der Waals surface area contributed by atoms with Crippen molar-refractivity contribution in [1.82, 2.24) is 20.1 Å². The van der Waals surface area contributed by atoms with E-state index < -0.39 is 5.54 Å². The van der Waals surface area contributed by atoms with Crippen LogP contribution in [0.1, 0.15) is 47.0 Å². The highest BCUT2D eigenvalue weighted by Crippen LogP contribution is 2.21. The molecule has 1 heterocycles. The van der Waals surface area contributed by atoms with Crippen LogP contribution in [0, 0.1) is 11.3 Å². The Morgan fingerprint density at radius 3 is 2.76 bits per heavy atom. The second-order valence-corrected chi connectivity index (χ2v) is 6.42. The molecule has 0 saturated heterocycles. The number of aromatic nitrogens is 3. The molecular formula is C14H25N5OS. The van der Waals surface area contributed by atoms with Gasteiger partial charge < -0.3 is 0 Å². The number of hydrogen-bond donors (Lipinski definition) is 2. The maximum Gasteiger partial charge on any atom is 0.343 e. The highest BCUT2D eigenvalue weighted by molar-refractivity contribution is 7.99. The normalized spacial score (nSPS) is 14.1. The molecule has 0 aliphatic rings. The summed E-state index contributed by atoms with van der Waals surface area (Å²) >= 11 is 1.56. The van der Waals surface area contributed by atoms with Gasteiger partial charge in [0.2, 0.25) is 0 Å². The van der Waals surface area contributed by atoms with Gasteiger partial charge >= 0.3 is 5.69 Å². The van der Waals surface area contributed by atoms with Gasteiger partial charge in [-0.15, -0.1) is 5.10 Å². The lowest BCUT2D eigenvalue weighted by Crippen LogP contribution is -2.47. The van der Waals surface area contributed by atoms with Crippen molar-refractivity contribution in [3.8, 4) is 6.07 Å². The molecule has 1 rings (SSSR count).